The summed E-state index contributed by atoms with van der Waals surface area (Å²) in [7, 11) is -1.95. The molecule has 0 aromatic heterocycles. The van der Waals surface area contributed by atoms with E-state index >= 15 is 0 Å². The van der Waals surface area contributed by atoms with Gasteiger partial charge in [-0.2, -0.15) is 0 Å². The van der Waals surface area contributed by atoms with E-state index in [1.165, 1.54) is 28.6 Å². The number of hydrogen-bond acceptors (Lipinski definition) is 3. The van der Waals surface area contributed by atoms with Gasteiger partial charge in [0.05, 0.1) is 4.90 Å². The molecule has 1 N–H and O–H groups in total. The molecule has 0 bridgehead atoms. The highest BCUT2D eigenvalue weighted by molar-refractivity contribution is 9.10. The topological polar surface area (TPSA) is 66.5 Å². The van der Waals surface area contributed by atoms with Crippen molar-refractivity contribution in [2.75, 3.05) is 18.9 Å². The number of nitrogens with zero attached hydrogens (tertiary/aromatic N) is 1. The molecule has 0 radical (unpaired) electrons. The number of nitrogens with one attached hydrogen (secondary N) is 1. The fourth-order valence-electron chi connectivity index (χ4n) is 2.20. The second-order valence-electron chi connectivity index (χ2n) is 5.67. The average molecular weight is 425 g/mol. The Morgan fingerprint density at radius 1 is 1.08 bits per heavy atom. The molecule has 0 aliphatic carbocycles. The third kappa shape index (κ3) is 5.14. The summed E-state index contributed by atoms with van der Waals surface area (Å²) in [4.78, 5) is 12.4. The molecule has 0 saturated heterocycles. The maximum atomic E-state index is 12.5. The van der Waals surface area contributed by atoms with Crippen molar-refractivity contribution in [2.45, 2.75) is 24.7 Å². The number of rotatable bonds is 7. The lowest BCUT2D eigenvalue weighted by Gasteiger charge is -2.17. The zero-order valence-corrected chi connectivity index (χ0v) is 16.6. The lowest BCUT2D eigenvalue weighted by atomic mass is 10.2. The van der Waals surface area contributed by atoms with Crippen molar-refractivity contribution in [3.05, 3.63) is 58.6 Å². The van der Waals surface area contributed by atoms with Gasteiger partial charge in [0.15, 0.2) is 0 Å². The van der Waals surface area contributed by atoms with E-state index in [0.29, 0.717) is 17.8 Å². The fraction of sp³-hybridized carbons (Fsp3) is 0.278. The van der Waals surface area contributed by atoms with Crippen LogP contribution in [0.3, 0.4) is 0 Å². The van der Waals surface area contributed by atoms with Crippen LogP contribution in [0.5, 0.6) is 0 Å². The summed E-state index contributed by atoms with van der Waals surface area (Å²) < 4.78 is 27.2. The number of halogens is 1. The molecular formula is C18H21BrN2O3S. The van der Waals surface area contributed by atoms with Crippen molar-refractivity contribution in [3.63, 3.8) is 0 Å². The molecular weight excluding hydrogens is 404 g/mol. The van der Waals surface area contributed by atoms with Gasteiger partial charge in [0.25, 0.3) is 5.91 Å². The molecule has 0 heterocycles. The normalized spacial score (nSPS) is 11.5. The van der Waals surface area contributed by atoms with Crippen molar-refractivity contribution in [1.29, 1.82) is 0 Å². The first-order chi connectivity index (χ1) is 11.8. The largest absolute Gasteiger partial charge is 0.322 e. The molecule has 5 nitrogen and oxygen atoms in total. The monoisotopic (exact) mass is 424 g/mol. The zero-order chi connectivity index (χ0) is 18.4. The fourth-order valence-corrected chi connectivity index (χ4v) is 3.67. The van der Waals surface area contributed by atoms with Crippen LogP contribution in [0.4, 0.5) is 5.69 Å². The molecule has 0 atom stereocenters. The van der Waals surface area contributed by atoms with Gasteiger partial charge in [-0.05, 0) is 55.0 Å². The van der Waals surface area contributed by atoms with Crippen LogP contribution in [0, 0.1) is 0 Å². The quantitative estimate of drug-likeness (QED) is 0.726. The van der Waals surface area contributed by atoms with Crippen molar-refractivity contribution in [2.24, 2.45) is 0 Å². The standard InChI is InChI=1S/C18H21BrN2O3S/c1-3-4-13-21(2)25(23,24)17-11-5-14(6-12-17)18(22)20-16-9-7-15(19)8-10-16/h5-12H,3-4,13H2,1-2H3,(H,20,22). The molecule has 134 valence electrons. The summed E-state index contributed by atoms with van der Waals surface area (Å²) in [6.45, 7) is 2.49. The lowest BCUT2D eigenvalue weighted by Crippen LogP contribution is -2.28. The highest BCUT2D eigenvalue weighted by atomic mass is 79.9. The molecule has 25 heavy (non-hydrogen) atoms. The van der Waals surface area contributed by atoms with E-state index in [-0.39, 0.29) is 10.8 Å². The number of benzene rings is 2. The van der Waals surface area contributed by atoms with Gasteiger partial charge >= 0.3 is 0 Å². The SMILES string of the molecule is CCCCN(C)S(=O)(=O)c1ccc(C(=O)Nc2ccc(Br)cc2)cc1. The maximum Gasteiger partial charge on any atom is 0.255 e. The Labute approximate surface area is 157 Å². The molecule has 0 saturated carbocycles. The van der Waals surface area contributed by atoms with E-state index in [4.69, 9.17) is 0 Å². The van der Waals surface area contributed by atoms with Crippen LogP contribution in [0.25, 0.3) is 0 Å². The zero-order valence-electron chi connectivity index (χ0n) is 14.2. The van der Waals surface area contributed by atoms with E-state index < -0.39 is 10.0 Å². The predicted octanol–water partition coefficient (Wildman–Crippen LogP) is 4.12. The number of amides is 1. The molecule has 0 aliphatic heterocycles. The highest BCUT2D eigenvalue weighted by Crippen LogP contribution is 2.18. The van der Waals surface area contributed by atoms with Crippen LogP contribution in [0.1, 0.15) is 30.1 Å². The van der Waals surface area contributed by atoms with Gasteiger partial charge in [-0.25, -0.2) is 12.7 Å². The van der Waals surface area contributed by atoms with Crippen molar-refractivity contribution in [1.82, 2.24) is 4.31 Å². The minimum atomic E-state index is -3.52. The van der Waals surface area contributed by atoms with Gasteiger partial charge in [-0.15, -0.1) is 0 Å². The first kappa shape index (κ1) is 19.6. The maximum absolute atomic E-state index is 12.5. The van der Waals surface area contributed by atoms with E-state index in [1.807, 2.05) is 19.1 Å². The summed E-state index contributed by atoms with van der Waals surface area (Å²) in [5.41, 5.74) is 1.07. The number of anilines is 1. The van der Waals surface area contributed by atoms with E-state index in [0.717, 1.165) is 17.3 Å². The molecule has 7 heteroatoms. The van der Waals surface area contributed by atoms with Gasteiger partial charge in [0.1, 0.15) is 0 Å². The van der Waals surface area contributed by atoms with Gasteiger partial charge in [-0.3, -0.25) is 4.79 Å². The number of hydrogen-bond donors (Lipinski definition) is 1. The minimum Gasteiger partial charge on any atom is -0.322 e. The first-order valence-corrected chi connectivity index (χ1v) is 10.2. The molecule has 1 amide bonds. The second kappa shape index (κ2) is 8.60. The predicted molar refractivity (Wildman–Crippen MR) is 103 cm³/mol. The average Bonchev–Trinajstić information content (AvgIpc) is 2.61. The van der Waals surface area contributed by atoms with Crippen LogP contribution >= 0.6 is 15.9 Å². The Morgan fingerprint density at radius 2 is 1.68 bits per heavy atom. The van der Waals surface area contributed by atoms with E-state index in [2.05, 4.69) is 21.2 Å². The van der Waals surface area contributed by atoms with Gasteiger partial charge < -0.3 is 5.32 Å². The third-order valence-electron chi connectivity index (χ3n) is 3.75. The molecule has 2 rings (SSSR count). The van der Waals surface area contributed by atoms with Gasteiger partial charge in [0.2, 0.25) is 10.0 Å². The van der Waals surface area contributed by atoms with Crippen LogP contribution in [-0.4, -0.2) is 32.2 Å². The summed E-state index contributed by atoms with van der Waals surface area (Å²) in [6, 6.07) is 13.2. The number of carbonyl (C=O) groups is 1. The van der Waals surface area contributed by atoms with Crippen LogP contribution < -0.4 is 5.32 Å². The van der Waals surface area contributed by atoms with Crippen molar-refractivity contribution >= 4 is 37.5 Å². The second-order valence-corrected chi connectivity index (χ2v) is 8.63. The lowest BCUT2D eigenvalue weighted by molar-refractivity contribution is 0.102. The molecule has 0 spiro atoms. The first-order valence-electron chi connectivity index (χ1n) is 7.98. The molecule has 0 unspecified atom stereocenters. The molecule has 2 aromatic carbocycles. The third-order valence-corrected chi connectivity index (χ3v) is 6.15. The number of sulfonamides is 1. The van der Waals surface area contributed by atoms with Crippen LogP contribution in [-0.2, 0) is 10.0 Å². The number of carbonyl (C=O) groups excluding carboxylic acids is 1. The van der Waals surface area contributed by atoms with Crippen LogP contribution in [0.15, 0.2) is 57.9 Å². The Balaban J connectivity index is 2.10. The van der Waals surface area contributed by atoms with Gasteiger partial charge in [-0.1, -0.05) is 29.3 Å². The van der Waals surface area contributed by atoms with Gasteiger partial charge in [0, 0.05) is 29.3 Å². The van der Waals surface area contributed by atoms with E-state index in [9.17, 15) is 13.2 Å². The highest BCUT2D eigenvalue weighted by Gasteiger charge is 2.20. The summed E-state index contributed by atoms with van der Waals surface area (Å²) >= 11 is 3.34. The minimum absolute atomic E-state index is 0.186. The van der Waals surface area contributed by atoms with Crippen molar-refractivity contribution in [3.8, 4) is 0 Å². The van der Waals surface area contributed by atoms with E-state index in [1.54, 1.807) is 19.2 Å². The molecule has 0 aliphatic rings. The summed E-state index contributed by atoms with van der Waals surface area (Å²) in [5, 5.41) is 2.77. The Kier molecular flexibility index (Phi) is 6.75. The summed E-state index contributed by atoms with van der Waals surface area (Å²) in [6.07, 6.45) is 1.73. The van der Waals surface area contributed by atoms with Crippen molar-refractivity contribution < 1.29 is 13.2 Å². The Morgan fingerprint density at radius 3 is 2.24 bits per heavy atom. The Bertz CT molecular complexity index is 818. The summed E-state index contributed by atoms with van der Waals surface area (Å²) in [5.74, 6) is -0.286. The number of unbranched alkanes of at least 4 members (excludes halogenated alkanes) is 1. The molecule has 0 fully saturated rings. The smallest absolute Gasteiger partial charge is 0.255 e. The van der Waals surface area contributed by atoms with Crippen LogP contribution in [0.2, 0.25) is 0 Å². The molecule has 2 aromatic rings. The Hall–Kier alpha value is -1.70.